The van der Waals surface area contributed by atoms with Gasteiger partial charge >= 0.3 is 0 Å². The maximum Gasteiger partial charge on any atom is 0.264 e. The number of aryl methyl sites for hydroxylation is 1. The Labute approximate surface area is 116 Å². The van der Waals surface area contributed by atoms with Gasteiger partial charge in [-0.2, -0.15) is 4.98 Å². The normalized spacial score (nSPS) is 16.8. The van der Waals surface area contributed by atoms with Gasteiger partial charge in [0.15, 0.2) is 12.4 Å². The first-order valence-electron chi connectivity index (χ1n) is 6.73. The summed E-state index contributed by atoms with van der Waals surface area (Å²) in [7, 11) is 0. The van der Waals surface area contributed by atoms with Crippen LogP contribution in [0, 0.1) is 0 Å². The van der Waals surface area contributed by atoms with Crippen LogP contribution in [-0.2, 0) is 13.0 Å². The Morgan fingerprint density at radius 1 is 1.45 bits per heavy atom. The van der Waals surface area contributed by atoms with E-state index in [1.807, 2.05) is 18.2 Å². The highest BCUT2D eigenvalue weighted by Crippen LogP contribution is 2.34. The second kappa shape index (κ2) is 5.50. The maximum absolute atomic E-state index is 5.89. The predicted molar refractivity (Wildman–Crippen MR) is 71.5 cm³/mol. The molecule has 20 heavy (non-hydrogen) atoms. The monoisotopic (exact) mass is 275 g/mol. The number of nitrogens with two attached hydrogens (primary N) is 1. The van der Waals surface area contributed by atoms with E-state index in [1.54, 1.807) is 0 Å². The molecule has 2 aromatic rings. The van der Waals surface area contributed by atoms with E-state index in [9.17, 15) is 0 Å². The summed E-state index contributed by atoms with van der Waals surface area (Å²) in [5.74, 6) is 2.68. The molecule has 1 aromatic heterocycles. The molecule has 1 aliphatic heterocycles. The summed E-state index contributed by atoms with van der Waals surface area (Å²) >= 11 is 0. The van der Waals surface area contributed by atoms with Crippen molar-refractivity contribution >= 4 is 0 Å². The average Bonchev–Trinajstić information content (AvgIpc) is 3.04. The fraction of sp³-hybridized carbons (Fsp3) is 0.429. The number of ether oxygens (including phenoxy) is 2. The van der Waals surface area contributed by atoms with Crippen LogP contribution in [0.15, 0.2) is 22.7 Å². The maximum atomic E-state index is 5.89. The lowest BCUT2D eigenvalue weighted by Crippen LogP contribution is -2.10. The molecule has 6 heteroatoms. The van der Waals surface area contributed by atoms with Crippen molar-refractivity contribution in [1.29, 1.82) is 0 Å². The van der Waals surface area contributed by atoms with Gasteiger partial charge in [-0.3, -0.25) is 0 Å². The van der Waals surface area contributed by atoms with Gasteiger partial charge < -0.3 is 19.7 Å². The summed E-state index contributed by atoms with van der Waals surface area (Å²) < 4.78 is 16.2. The number of hydrogen-bond donors (Lipinski definition) is 1. The summed E-state index contributed by atoms with van der Waals surface area (Å²) in [5, 5.41) is 3.88. The van der Waals surface area contributed by atoms with Gasteiger partial charge in [-0.15, -0.1) is 0 Å². The molecule has 0 bridgehead atoms. The topological polar surface area (TPSA) is 83.4 Å². The first-order chi connectivity index (χ1) is 9.76. The summed E-state index contributed by atoms with van der Waals surface area (Å²) in [4.78, 5) is 4.25. The molecule has 2 N–H and O–H groups in total. The minimum absolute atomic E-state index is 0.0495. The summed E-state index contributed by atoms with van der Waals surface area (Å²) in [5.41, 5.74) is 6.91. The Morgan fingerprint density at radius 3 is 3.20 bits per heavy atom. The predicted octanol–water partition coefficient (Wildman–Crippen LogP) is 1.99. The Morgan fingerprint density at radius 2 is 2.35 bits per heavy atom. The smallest absolute Gasteiger partial charge is 0.264 e. The number of hydrogen-bond acceptors (Lipinski definition) is 6. The third-order valence-electron chi connectivity index (χ3n) is 3.15. The fourth-order valence-corrected chi connectivity index (χ4v) is 2.12. The van der Waals surface area contributed by atoms with Crippen LogP contribution < -0.4 is 15.2 Å². The van der Waals surface area contributed by atoms with Crippen LogP contribution in [0.1, 0.15) is 36.7 Å². The lowest BCUT2D eigenvalue weighted by molar-refractivity contribution is 0.241. The van der Waals surface area contributed by atoms with E-state index < -0.39 is 0 Å². The Bertz CT molecular complexity index is 597. The zero-order chi connectivity index (χ0) is 13.9. The second-order valence-corrected chi connectivity index (χ2v) is 4.76. The number of fused-ring (bicyclic) bond motifs is 1. The van der Waals surface area contributed by atoms with E-state index in [0.29, 0.717) is 18.2 Å². The minimum Gasteiger partial charge on any atom is -0.491 e. The third kappa shape index (κ3) is 2.60. The Kier molecular flexibility index (Phi) is 3.56. The quantitative estimate of drug-likeness (QED) is 0.898. The molecule has 0 saturated carbocycles. The van der Waals surface area contributed by atoms with Crippen molar-refractivity contribution in [3.63, 3.8) is 0 Å². The average molecular weight is 275 g/mol. The first kappa shape index (κ1) is 12.9. The fourth-order valence-electron chi connectivity index (χ4n) is 2.12. The minimum atomic E-state index is -0.0495. The summed E-state index contributed by atoms with van der Waals surface area (Å²) in [6, 6.07) is 5.59. The van der Waals surface area contributed by atoms with E-state index in [-0.39, 0.29) is 12.6 Å². The molecule has 0 radical (unpaired) electrons. The van der Waals surface area contributed by atoms with Crippen LogP contribution in [0.4, 0.5) is 0 Å². The van der Waals surface area contributed by atoms with E-state index in [4.69, 9.17) is 19.7 Å². The van der Waals surface area contributed by atoms with Crippen molar-refractivity contribution in [2.45, 2.75) is 32.4 Å². The molecule has 1 aromatic carbocycles. The molecule has 0 saturated heterocycles. The highest BCUT2D eigenvalue weighted by molar-refractivity contribution is 5.44. The molecule has 3 rings (SSSR count). The highest BCUT2D eigenvalue weighted by Gasteiger charge is 2.20. The van der Waals surface area contributed by atoms with Crippen LogP contribution in [0.5, 0.6) is 11.5 Å². The van der Waals surface area contributed by atoms with Gasteiger partial charge in [0.25, 0.3) is 5.89 Å². The molecule has 1 unspecified atom stereocenters. The van der Waals surface area contributed by atoms with Gasteiger partial charge in [-0.05, 0) is 18.6 Å². The van der Waals surface area contributed by atoms with Gasteiger partial charge in [-0.1, -0.05) is 12.1 Å². The van der Waals surface area contributed by atoms with Crippen LogP contribution in [0.2, 0.25) is 0 Å². The van der Waals surface area contributed by atoms with E-state index in [0.717, 1.165) is 30.0 Å². The van der Waals surface area contributed by atoms with Crippen molar-refractivity contribution < 1.29 is 14.0 Å². The SMILES string of the molecule is CCCc1noc(COc2ccc3c(c2)OCC3N)n1. The molecule has 1 atom stereocenters. The van der Waals surface area contributed by atoms with Crippen LogP contribution in [-0.4, -0.2) is 16.7 Å². The molecule has 0 amide bonds. The molecule has 2 heterocycles. The highest BCUT2D eigenvalue weighted by atomic mass is 16.5. The van der Waals surface area contributed by atoms with Crippen molar-refractivity contribution in [3.8, 4) is 11.5 Å². The third-order valence-corrected chi connectivity index (χ3v) is 3.15. The zero-order valence-corrected chi connectivity index (χ0v) is 11.3. The lowest BCUT2D eigenvalue weighted by Gasteiger charge is -2.05. The number of benzene rings is 1. The van der Waals surface area contributed by atoms with Crippen molar-refractivity contribution in [2.75, 3.05) is 6.61 Å². The zero-order valence-electron chi connectivity index (χ0n) is 11.3. The molecule has 106 valence electrons. The van der Waals surface area contributed by atoms with E-state index >= 15 is 0 Å². The Balaban J connectivity index is 1.63. The number of aromatic nitrogens is 2. The molecular formula is C14H17N3O3. The van der Waals surface area contributed by atoms with Crippen molar-refractivity contribution in [3.05, 3.63) is 35.5 Å². The van der Waals surface area contributed by atoms with Crippen LogP contribution >= 0.6 is 0 Å². The molecular weight excluding hydrogens is 258 g/mol. The standard InChI is InChI=1S/C14H17N3O3/c1-2-3-13-16-14(20-17-13)8-18-9-4-5-10-11(15)7-19-12(10)6-9/h4-6,11H,2-3,7-8,15H2,1H3. The number of nitrogens with zero attached hydrogens (tertiary/aromatic N) is 2. The van der Waals surface area contributed by atoms with Crippen LogP contribution in [0.25, 0.3) is 0 Å². The molecule has 0 spiro atoms. The molecule has 1 aliphatic rings. The largest absolute Gasteiger partial charge is 0.491 e. The van der Waals surface area contributed by atoms with Gasteiger partial charge in [-0.25, -0.2) is 0 Å². The van der Waals surface area contributed by atoms with Crippen LogP contribution in [0.3, 0.4) is 0 Å². The van der Waals surface area contributed by atoms with E-state index in [1.165, 1.54) is 0 Å². The van der Waals surface area contributed by atoms with Gasteiger partial charge in [0, 0.05) is 18.1 Å². The molecule has 0 aliphatic carbocycles. The Hall–Kier alpha value is -2.08. The first-order valence-corrected chi connectivity index (χ1v) is 6.73. The summed E-state index contributed by atoms with van der Waals surface area (Å²) in [6.07, 6.45) is 1.80. The summed E-state index contributed by atoms with van der Waals surface area (Å²) in [6.45, 7) is 2.84. The van der Waals surface area contributed by atoms with Crippen molar-refractivity contribution in [1.82, 2.24) is 10.1 Å². The van der Waals surface area contributed by atoms with Gasteiger partial charge in [0.05, 0.1) is 6.04 Å². The van der Waals surface area contributed by atoms with Crippen molar-refractivity contribution in [2.24, 2.45) is 5.73 Å². The second-order valence-electron chi connectivity index (χ2n) is 4.76. The van der Waals surface area contributed by atoms with Gasteiger partial charge in [0.2, 0.25) is 0 Å². The van der Waals surface area contributed by atoms with E-state index in [2.05, 4.69) is 17.1 Å². The molecule has 0 fully saturated rings. The number of rotatable bonds is 5. The molecule has 6 nitrogen and oxygen atoms in total. The lowest BCUT2D eigenvalue weighted by atomic mass is 10.1. The van der Waals surface area contributed by atoms with Gasteiger partial charge in [0.1, 0.15) is 18.1 Å².